The minimum atomic E-state index is -1.80. The maximum absolute atomic E-state index is 12.3. The predicted octanol–water partition coefficient (Wildman–Crippen LogP) is -0.380. The van der Waals surface area contributed by atoms with Crippen LogP contribution in [0.2, 0.25) is 0 Å². The van der Waals surface area contributed by atoms with Crippen LogP contribution in [0.1, 0.15) is 19.3 Å². The number of nitrogens with zero attached hydrogens (tertiary/aromatic N) is 5. The van der Waals surface area contributed by atoms with Gasteiger partial charge in [0.25, 0.3) is 20.3 Å². The third kappa shape index (κ3) is 14.1. The molecular weight excluding hydrogens is 434 g/mol. The summed E-state index contributed by atoms with van der Waals surface area (Å²) in [6.45, 7) is -2.61. The molecule has 1 unspecified atom stereocenters. The fourth-order valence-electron chi connectivity index (χ4n) is 2.54. The summed E-state index contributed by atoms with van der Waals surface area (Å²) in [6.07, 6.45) is -2.33. The molecule has 0 spiro atoms. The highest BCUT2D eigenvalue weighted by Gasteiger charge is 2.36. The Balaban J connectivity index is 5.36. The fourth-order valence-corrected chi connectivity index (χ4v) is 2.54. The number of carbonyl (C=O) groups excluding carboxylic acids is 1. The van der Waals surface area contributed by atoms with Crippen LogP contribution in [0.5, 0.6) is 0 Å². The monoisotopic (exact) mass is 458 g/mol. The van der Waals surface area contributed by atoms with Gasteiger partial charge in [-0.3, -0.25) is 4.79 Å². The van der Waals surface area contributed by atoms with Crippen molar-refractivity contribution >= 4 is 5.78 Å². The molecule has 0 bridgehead atoms. The molecule has 18 heteroatoms. The van der Waals surface area contributed by atoms with Gasteiger partial charge >= 0.3 is 0 Å². The molecule has 0 amide bonds. The molecule has 1 atom stereocenters. The number of Topliss-reactive ketones (excluding diaryl/α,β-unsaturated/α-hetero) is 1. The number of hydrogen-bond acceptors (Lipinski definition) is 13. The molecule has 178 valence electrons. The minimum Gasteiger partial charge on any atom is -0.329 e. The Morgan fingerprint density at radius 3 is 1.58 bits per heavy atom. The van der Waals surface area contributed by atoms with Crippen molar-refractivity contribution in [3.8, 4) is 0 Å². The normalized spacial score (nSPS) is 12.4. The van der Waals surface area contributed by atoms with Crippen LogP contribution in [0.15, 0.2) is 0 Å². The Hall–Kier alpha value is -3.57. The first-order valence-corrected chi connectivity index (χ1v) is 8.59. The second-order valence-electron chi connectivity index (χ2n) is 7.66. The summed E-state index contributed by atoms with van der Waals surface area (Å²) in [5.41, 5.74) is -1.80. The van der Waals surface area contributed by atoms with Crippen molar-refractivity contribution in [1.29, 1.82) is 0 Å². The van der Waals surface area contributed by atoms with Gasteiger partial charge in [-0.05, 0) is 6.42 Å². The maximum atomic E-state index is 12.3. The molecular formula is C13H24N5O13+. The third-order valence-electron chi connectivity index (χ3n) is 3.80. The Morgan fingerprint density at radius 1 is 0.839 bits per heavy atom. The Bertz CT molecular complexity index is 619. The predicted molar refractivity (Wildman–Crippen MR) is 94.9 cm³/mol. The zero-order valence-corrected chi connectivity index (χ0v) is 17.1. The largest absolute Gasteiger partial charge is 0.329 e. The van der Waals surface area contributed by atoms with Crippen LogP contribution in [-0.4, -0.2) is 84.2 Å². The van der Waals surface area contributed by atoms with Gasteiger partial charge in [0.15, 0.2) is 6.10 Å². The number of ketones is 1. The molecule has 31 heavy (non-hydrogen) atoms. The highest BCUT2D eigenvalue weighted by Crippen LogP contribution is 2.27. The van der Waals surface area contributed by atoms with Gasteiger partial charge in [-0.2, -0.15) is 0 Å². The topological polar surface area (TPSA) is 227 Å². The average Bonchev–Trinajstić information content (AvgIpc) is 2.58. The first-order valence-electron chi connectivity index (χ1n) is 8.59. The summed E-state index contributed by atoms with van der Waals surface area (Å²) >= 11 is 0. The summed E-state index contributed by atoms with van der Waals surface area (Å²) < 4.78 is 0.236. The van der Waals surface area contributed by atoms with E-state index in [1.165, 1.54) is 0 Å². The van der Waals surface area contributed by atoms with E-state index in [2.05, 4.69) is 19.4 Å². The van der Waals surface area contributed by atoms with Crippen LogP contribution >= 0.6 is 0 Å². The minimum absolute atomic E-state index is 0.0944. The Morgan fingerprint density at radius 2 is 1.26 bits per heavy atom. The van der Waals surface area contributed by atoms with E-state index in [-0.39, 0.29) is 11.0 Å². The SMILES string of the molecule is C[N+](C)(C)CC(CC(=O)CCC(CO[N+](=O)[O-])(CO[N+](=O)[O-])CO[N+](=O)[O-])O[N+](=O)[O-]. The van der Waals surface area contributed by atoms with Crippen LogP contribution in [0.3, 0.4) is 0 Å². The van der Waals surface area contributed by atoms with Crippen molar-refractivity contribution in [2.75, 3.05) is 47.5 Å². The number of likely N-dealkylation sites (N-methyl/N-ethyl adjacent to an activating group) is 1. The lowest BCUT2D eigenvalue weighted by Gasteiger charge is -2.31. The lowest BCUT2D eigenvalue weighted by atomic mass is 9.84. The van der Waals surface area contributed by atoms with E-state index in [1.807, 2.05) is 0 Å². The molecule has 0 saturated carbocycles. The van der Waals surface area contributed by atoms with E-state index >= 15 is 0 Å². The lowest BCUT2D eigenvalue weighted by Crippen LogP contribution is -2.44. The molecule has 0 heterocycles. The molecule has 0 aromatic heterocycles. The fraction of sp³-hybridized carbons (Fsp3) is 0.923. The van der Waals surface area contributed by atoms with E-state index < -0.39 is 76.7 Å². The van der Waals surface area contributed by atoms with Gasteiger partial charge in [0.1, 0.15) is 32.1 Å². The molecule has 0 N–H and O–H groups in total. The van der Waals surface area contributed by atoms with E-state index in [4.69, 9.17) is 0 Å². The number of hydrogen-bond donors (Lipinski definition) is 0. The molecule has 0 rings (SSSR count). The standard InChI is InChI=1S/C13H24N5O13/c1-18(2,3)7-12(31-17(26)27)6-11(19)4-5-13(8-28-14(20)21,9-29-15(22)23)10-30-16(24)25/h12H,4-10H2,1-3H3/q+1. The molecule has 0 radical (unpaired) electrons. The molecule has 0 saturated heterocycles. The first kappa shape index (κ1) is 27.4. The van der Waals surface area contributed by atoms with Gasteiger partial charge in [0.2, 0.25) is 0 Å². The Kier molecular flexibility index (Phi) is 10.8. The van der Waals surface area contributed by atoms with Crippen LogP contribution in [0, 0.1) is 45.9 Å². The first-order chi connectivity index (χ1) is 14.1. The van der Waals surface area contributed by atoms with Crippen molar-refractivity contribution in [3.63, 3.8) is 0 Å². The summed E-state index contributed by atoms with van der Waals surface area (Å²) in [7, 11) is 5.14. The highest BCUT2D eigenvalue weighted by atomic mass is 17.0. The average molecular weight is 458 g/mol. The van der Waals surface area contributed by atoms with Gasteiger partial charge in [-0.1, -0.05) is 0 Å². The zero-order chi connectivity index (χ0) is 24.2. The van der Waals surface area contributed by atoms with Gasteiger partial charge in [0.05, 0.1) is 21.1 Å². The second-order valence-corrected chi connectivity index (χ2v) is 7.66. The number of carbonyl (C=O) groups is 1. The second kappa shape index (κ2) is 12.2. The number of quaternary nitrogens is 1. The summed E-state index contributed by atoms with van der Waals surface area (Å²) in [5.74, 6) is -0.590. The molecule has 0 aliphatic heterocycles. The molecule has 0 fully saturated rings. The van der Waals surface area contributed by atoms with E-state index in [9.17, 15) is 45.3 Å². The van der Waals surface area contributed by atoms with Gasteiger partial charge in [0, 0.05) is 18.3 Å². The van der Waals surface area contributed by atoms with Gasteiger partial charge in [-0.15, -0.1) is 40.5 Å². The zero-order valence-electron chi connectivity index (χ0n) is 17.1. The van der Waals surface area contributed by atoms with Crippen LogP contribution in [0.4, 0.5) is 0 Å². The molecule has 0 aliphatic rings. The van der Waals surface area contributed by atoms with Gasteiger partial charge < -0.3 is 23.8 Å². The summed E-state index contributed by atoms with van der Waals surface area (Å²) in [6, 6.07) is 0. The van der Waals surface area contributed by atoms with Crippen molar-refractivity contribution < 1.29 is 49.0 Å². The van der Waals surface area contributed by atoms with Crippen molar-refractivity contribution in [2.45, 2.75) is 25.4 Å². The maximum Gasteiger partial charge on any atom is 0.295 e. The van der Waals surface area contributed by atoms with Crippen LogP contribution in [0.25, 0.3) is 0 Å². The Labute approximate surface area is 174 Å². The molecule has 0 aromatic rings. The van der Waals surface area contributed by atoms with Crippen molar-refractivity contribution in [3.05, 3.63) is 40.5 Å². The van der Waals surface area contributed by atoms with E-state index in [0.29, 0.717) is 0 Å². The molecule has 0 aromatic carbocycles. The smallest absolute Gasteiger partial charge is 0.295 e. The van der Waals surface area contributed by atoms with Crippen molar-refractivity contribution in [2.24, 2.45) is 5.41 Å². The summed E-state index contributed by atoms with van der Waals surface area (Å²) in [4.78, 5) is 71.7. The third-order valence-corrected chi connectivity index (χ3v) is 3.80. The van der Waals surface area contributed by atoms with Crippen LogP contribution < -0.4 is 0 Å². The molecule has 18 nitrogen and oxygen atoms in total. The lowest BCUT2D eigenvalue weighted by molar-refractivity contribution is -0.885. The van der Waals surface area contributed by atoms with Crippen LogP contribution in [-0.2, 0) is 24.1 Å². The van der Waals surface area contributed by atoms with E-state index in [1.54, 1.807) is 21.1 Å². The summed E-state index contributed by atoms with van der Waals surface area (Å²) in [5, 5.41) is 37.5. The quantitative estimate of drug-likeness (QED) is 0.145. The highest BCUT2D eigenvalue weighted by molar-refractivity contribution is 5.78. The number of rotatable bonds is 18. The van der Waals surface area contributed by atoms with Gasteiger partial charge in [-0.25, -0.2) is 0 Å². The van der Waals surface area contributed by atoms with Crippen molar-refractivity contribution in [1.82, 2.24) is 0 Å². The molecule has 0 aliphatic carbocycles. The van der Waals surface area contributed by atoms with E-state index in [0.717, 1.165) is 0 Å².